The highest BCUT2D eigenvalue weighted by Crippen LogP contribution is 2.08. The van der Waals surface area contributed by atoms with E-state index in [2.05, 4.69) is 10.1 Å². The van der Waals surface area contributed by atoms with E-state index < -0.39 is 12.0 Å². The van der Waals surface area contributed by atoms with Gasteiger partial charge < -0.3 is 10.1 Å². The Morgan fingerprint density at radius 3 is 2.27 bits per heavy atom. The minimum Gasteiger partial charge on any atom is -0.467 e. The summed E-state index contributed by atoms with van der Waals surface area (Å²) in [6.07, 6.45) is 0.676. The Hall–Kier alpha value is -2.17. The molecule has 0 saturated heterocycles. The standard InChI is InChI=1S/C17H23NO4/c1-12(2)11-14(17(21)22-3)18-16(20)10-9-15(19)13-7-5-4-6-8-13/h4-8,12,14H,9-11H2,1-3H3,(H,18,20). The van der Waals surface area contributed by atoms with Gasteiger partial charge >= 0.3 is 5.97 Å². The van der Waals surface area contributed by atoms with Crippen LogP contribution in [0.3, 0.4) is 0 Å². The van der Waals surface area contributed by atoms with Crippen molar-refractivity contribution in [1.29, 1.82) is 0 Å². The SMILES string of the molecule is COC(=O)C(CC(C)C)NC(=O)CCC(=O)c1ccccc1. The zero-order valence-electron chi connectivity index (χ0n) is 13.3. The van der Waals surface area contributed by atoms with Crippen molar-refractivity contribution < 1.29 is 19.1 Å². The zero-order valence-corrected chi connectivity index (χ0v) is 13.3. The average Bonchev–Trinajstić information content (AvgIpc) is 2.51. The van der Waals surface area contributed by atoms with Gasteiger partial charge in [0.05, 0.1) is 7.11 Å². The summed E-state index contributed by atoms with van der Waals surface area (Å²) in [5.41, 5.74) is 0.585. The molecule has 0 spiro atoms. The maximum Gasteiger partial charge on any atom is 0.328 e. The summed E-state index contributed by atoms with van der Waals surface area (Å²) in [5.74, 6) is -0.624. The first-order chi connectivity index (χ1) is 10.4. The normalized spacial score (nSPS) is 11.8. The van der Waals surface area contributed by atoms with Crippen LogP contribution in [0, 0.1) is 5.92 Å². The number of rotatable bonds is 8. The number of nitrogens with one attached hydrogen (secondary N) is 1. The lowest BCUT2D eigenvalue weighted by atomic mass is 10.0. The van der Waals surface area contributed by atoms with Gasteiger partial charge in [0.25, 0.3) is 0 Å². The van der Waals surface area contributed by atoms with Crippen LogP contribution in [0.5, 0.6) is 0 Å². The zero-order chi connectivity index (χ0) is 16.5. The van der Waals surface area contributed by atoms with E-state index in [-0.39, 0.29) is 30.4 Å². The van der Waals surface area contributed by atoms with Gasteiger partial charge in [-0.25, -0.2) is 4.79 Å². The first kappa shape index (κ1) is 17.9. The van der Waals surface area contributed by atoms with Crippen molar-refractivity contribution in [3.63, 3.8) is 0 Å². The molecule has 0 aliphatic carbocycles. The summed E-state index contributed by atoms with van der Waals surface area (Å²) in [4.78, 5) is 35.5. The highest BCUT2D eigenvalue weighted by molar-refractivity contribution is 5.98. The average molecular weight is 305 g/mol. The fourth-order valence-electron chi connectivity index (χ4n) is 2.09. The second-order valence-electron chi connectivity index (χ2n) is 5.56. The summed E-state index contributed by atoms with van der Waals surface area (Å²) in [6.45, 7) is 3.92. The lowest BCUT2D eigenvalue weighted by Gasteiger charge is -2.18. The second kappa shape index (κ2) is 8.97. The Kier molecular flexibility index (Phi) is 7.29. The van der Waals surface area contributed by atoms with E-state index in [0.717, 1.165) is 0 Å². The third kappa shape index (κ3) is 6.08. The van der Waals surface area contributed by atoms with Crippen molar-refractivity contribution in [3.05, 3.63) is 35.9 Å². The summed E-state index contributed by atoms with van der Waals surface area (Å²) < 4.78 is 4.69. The summed E-state index contributed by atoms with van der Waals surface area (Å²) in [6, 6.07) is 8.17. The molecule has 0 aliphatic rings. The number of benzene rings is 1. The van der Waals surface area contributed by atoms with Gasteiger partial charge in [-0.3, -0.25) is 9.59 Å². The van der Waals surface area contributed by atoms with E-state index in [4.69, 9.17) is 0 Å². The van der Waals surface area contributed by atoms with Crippen LogP contribution < -0.4 is 5.32 Å². The molecule has 0 bridgehead atoms. The van der Waals surface area contributed by atoms with Gasteiger partial charge in [-0.15, -0.1) is 0 Å². The van der Waals surface area contributed by atoms with Crippen molar-refractivity contribution in [1.82, 2.24) is 5.32 Å². The fourth-order valence-corrected chi connectivity index (χ4v) is 2.09. The first-order valence-electron chi connectivity index (χ1n) is 7.39. The van der Waals surface area contributed by atoms with Gasteiger partial charge in [0.15, 0.2) is 5.78 Å². The van der Waals surface area contributed by atoms with E-state index in [1.54, 1.807) is 24.3 Å². The Balaban J connectivity index is 2.50. The summed E-state index contributed by atoms with van der Waals surface area (Å²) >= 11 is 0. The van der Waals surface area contributed by atoms with E-state index in [9.17, 15) is 14.4 Å². The van der Waals surface area contributed by atoms with Crippen LogP contribution in [-0.4, -0.2) is 30.8 Å². The number of methoxy groups -OCH3 is 1. The maximum atomic E-state index is 11.9. The number of amides is 1. The summed E-state index contributed by atoms with van der Waals surface area (Å²) in [7, 11) is 1.29. The molecule has 1 aromatic rings. The van der Waals surface area contributed by atoms with Gasteiger partial charge in [0, 0.05) is 18.4 Å². The largest absolute Gasteiger partial charge is 0.467 e. The molecule has 1 aromatic carbocycles. The van der Waals surface area contributed by atoms with Gasteiger partial charge in [-0.1, -0.05) is 44.2 Å². The van der Waals surface area contributed by atoms with Crippen molar-refractivity contribution in [3.8, 4) is 0 Å². The number of ether oxygens (including phenoxy) is 1. The number of esters is 1. The molecule has 5 heteroatoms. The number of hydrogen-bond acceptors (Lipinski definition) is 4. The molecular formula is C17H23NO4. The van der Waals surface area contributed by atoms with Crippen LogP contribution in [-0.2, 0) is 14.3 Å². The van der Waals surface area contributed by atoms with Crippen molar-refractivity contribution >= 4 is 17.7 Å². The lowest BCUT2D eigenvalue weighted by molar-refractivity contribution is -0.145. The van der Waals surface area contributed by atoms with E-state index >= 15 is 0 Å². The quantitative estimate of drug-likeness (QED) is 0.591. The molecule has 1 unspecified atom stereocenters. The number of hydrogen-bond donors (Lipinski definition) is 1. The Bertz CT molecular complexity index is 511. The second-order valence-corrected chi connectivity index (χ2v) is 5.56. The molecule has 0 saturated carbocycles. The Morgan fingerprint density at radius 2 is 1.73 bits per heavy atom. The molecule has 22 heavy (non-hydrogen) atoms. The van der Waals surface area contributed by atoms with Crippen LogP contribution >= 0.6 is 0 Å². The van der Waals surface area contributed by atoms with Crippen molar-refractivity contribution in [2.75, 3.05) is 7.11 Å². The predicted octanol–water partition coefficient (Wildman–Crippen LogP) is 2.35. The molecule has 1 amide bonds. The third-order valence-electron chi connectivity index (χ3n) is 3.20. The number of carbonyl (C=O) groups is 3. The van der Waals surface area contributed by atoms with Crippen LogP contribution in [0.25, 0.3) is 0 Å². The molecule has 120 valence electrons. The van der Waals surface area contributed by atoms with Crippen molar-refractivity contribution in [2.45, 2.75) is 39.2 Å². The topological polar surface area (TPSA) is 72.5 Å². The molecule has 0 radical (unpaired) electrons. The molecule has 0 aromatic heterocycles. The van der Waals surface area contributed by atoms with Gasteiger partial charge in [-0.2, -0.15) is 0 Å². The van der Waals surface area contributed by atoms with Crippen LogP contribution in [0.1, 0.15) is 43.5 Å². The smallest absolute Gasteiger partial charge is 0.328 e. The molecule has 0 aliphatic heterocycles. The molecule has 1 N–H and O–H groups in total. The van der Waals surface area contributed by atoms with E-state index in [0.29, 0.717) is 12.0 Å². The number of carbonyl (C=O) groups excluding carboxylic acids is 3. The van der Waals surface area contributed by atoms with Crippen LogP contribution in [0.4, 0.5) is 0 Å². The minimum absolute atomic E-state index is 0.0549. The van der Waals surface area contributed by atoms with E-state index in [1.165, 1.54) is 7.11 Å². The van der Waals surface area contributed by atoms with Crippen molar-refractivity contribution in [2.24, 2.45) is 5.92 Å². The molecule has 0 fully saturated rings. The number of ketones is 1. The van der Waals surface area contributed by atoms with Gasteiger partial charge in [0.2, 0.25) is 5.91 Å². The van der Waals surface area contributed by atoms with Gasteiger partial charge in [-0.05, 0) is 12.3 Å². The monoisotopic (exact) mass is 305 g/mol. The first-order valence-corrected chi connectivity index (χ1v) is 7.39. The van der Waals surface area contributed by atoms with Crippen LogP contribution in [0.15, 0.2) is 30.3 Å². The highest BCUT2D eigenvalue weighted by atomic mass is 16.5. The minimum atomic E-state index is -0.663. The molecule has 1 atom stereocenters. The lowest BCUT2D eigenvalue weighted by Crippen LogP contribution is -2.42. The maximum absolute atomic E-state index is 11.9. The third-order valence-corrected chi connectivity index (χ3v) is 3.20. The fraction of sp³-hybridized carbons (Fsp3) is 0.471. The molecule has 5 nitrogen and oxygen atoms in total. The number of Topliss-reactive ketones (excluding diaryl/α,β-unsaturated/α-hetero) is 1. The molecule has 1 rings (SSSR count). The molecule has 0 heterocycles. The highest BCUT2D eigenvalue weighted by Gasteiger charge is 2.22. The van der Waals surface area contributed by atoms with Gasteiger partial charge in [0.1, 0.15) is 6.04 Å². The van der Waals surface area contributed by atoms with E-state index in [1.807, 2.05) is 19.9 Å². The Labute approximate surface area is 131 Å². The van der Waals surface area contributed by atoms with Crippen LogP contribution in [0.2, 0.25) is 0 Å². The Morgan fingerprint density at radius 1 is 1.09 bits per heavy atom. The predicted molar refractivity (Wildman–Crippen MR) is 83.4 cm³/mol. The molecular weight excluding hydrogens is 282 g/mol. The summed E-state index contributed by atoms with van der Waals surface area (Å²) in [5, 5.41) is 2.64.